The van der Waals surface area contributed by atoms with E-state index in [4.69, 9.17) is 0 Å². The number of piperidine rings is 2. The van der Waals surface area contributed by atoms with Gasteiger partial charge < -0.3 is 5.32 Å². The lowest BCUT2D eigenvalue weighted by Crippen LogP contribution is -2.54. The van der Waals surface area contributed by atoms with Gasteiger partial charge in [-0.3, -0.25) is 14.5 Å². The number of hydrogen-bond donors (Lipinski definition) is 1. The molecule has 4 heteroatoms. The van der Waals surface area contributed by atoms with Gasteiger partial charge in [-0.25, -0.2) is 0 Å². The molecule has 1 N–H and O–H groups in total. The summed E-state index contributed by atoms with van der Waals surface area (Å²) >= 11 is 0. The summed E-state index contributed by atoms with van der Waals surface area (Å²) in [5, 5.41) is 3.28. The average molecular weight is 210 g/mol. The second kappa shape index (κ2) is 4.31. The molecule has 0 bridgehead atoms. The summed E-state index contributed by atoms with van der Waals surface area (Å²) in [6, 6.07) is 0.0917. The van der Waals surface area contributed by atoms with E-state index >= 15 is 0 Å². The van der Waals surface area contributed by atoms with Crippen molar-refractivity contribution in [1.29, 1.82) is 0 Å². The van der Waals surface area contributed by atoms with Gasteiger partial charge in [0.15, 0.2) is 0 Å². The number of imide groups is 1. The quantitative estimate of drug-likeness (QED) is 0.642. The Kier molecular flexibility index (Phi) is 3.05. The summed E-state index contributed by atoms with van der Waals surface area (Å²) in [4.78, 5) is 24.9. The van der Waals surface area contributed by atoms with Gasteiger partial charge in [0.05, 0.1) is 6.04 Å². The zero-order valence-corrected chi connectivity index (χ0v) is 9.16. The van der Waals surface area contributed by atoms with Crippen LogP contribution in [0.2, 0.25) is 0 Å². The number of nitrogens with zero attached hydrogens (tertiary/aromatic N) is 1. The Morgan fingerprint density at radius 3 is 2.47 bits per heavy atom. The van der Waals surface area contributed by atoms with Gasteiger partial charge in [0, 0.05) is 19.4 Å². The van der Waals surface area contributed by atoms with Crippen molar-refractivity contribution in [1.82, 2.24) is 10.2 Å². The van der Waals surface area contributed by atoms with Crippen molar-refractivity contribution < 1.29 is 9.59 Å². The lowest BCUT2D eigenvalue weighted by atomic mass is 9.94. The Morgan fingerprint density at radius 2 is 1.87 bits per heavy atom. The normalized spacial score (nSPS) is 33.3. The minimum atomic E-state index is 0.0205. The van der Waals surface area contributed by atoms with Crippen LogP contribution in [-0.2, 0) is 9.59 Å². The predicted octanol–water partition coefficient (Wildman–Crippen LogP) is 0.523. The lowest BCUT2D eigenvalue weighted by molar-refractivity contribution is -0.151. The molecule has 2 unspecified atom stereocenters. The number of carbonyl (C=O) groups is 2. The van der Waals surface area contributed by atoms with E-state index in [0.717, 1.165) is 25.9 Å². The van der Waals surface area contributed by atoms with Crippen molar-refractivity contribution in [2.75, 3.05) is 13.1 Å². The molecule has 0 saturated carbocycles. The molecule has 2 atom stereocenters. The Labute approximate surface area is 90.0 Å². The van der Waals surface area contributed by atoms with Gasteiger partial charge >= 0.3 is 0 Å². The number of likely N-dealkylation sites (tertiary alicyclic amines) is 1. The van der Waals surface area contributed by atoms with E-state index in [2.05, 4.69) is 12.2 Å². The average Bonchev–Trinajstić information content (AvgIpc) is 2.17. The van der Waals surface area contributed by atoms with Gasteiger partial charge in [-0.1, -0.05) is 6.92 Å². The minimum absolute atomic E-state index is 0.0205. The fourth-order valence-corrected chi connectivity index (χ4v) is 2.50. The fraction of sp³-hybridized carbons (Fsp3) is 0.818. The summed E-state index contributed by atoms with van der Waals surface area (Å²) in [6.07, 6.45) is 2.75. The molecule has 0 aromatic rings. The Balaban J connectivity index is 2.06. The van der Waals surface area contributed by atoms with Crippen LogP contribution in [-0.4, -0.2) is 35.8 Å². The van der Waals surface area contributed by atoms with Gasteiger partial charge in [0.1, 0.15) is 0 Å². The highest BCUT2D eigenvalue weighted by Crippen LogP contribution is 2.21. The number of rotatable bonds is 1. The molecular weight excluding hydrogens is 192 g/mol. The maximum atomic E-state index is 11.7. The first-order valence-electron chi connectivity index (χ1n) is 5.74. The van der Waals surface area contributed by atoms with E-state index < -0.39 is 0 Å². The first-order valence-corrected chi connectivity index (χ1v) is 5.74. The predicted molar refractivity (Wildman–Crippen MR) is 56.1 cm³/mol. The number of carbonyl (C=O) groups excluding carboxylic acids is 2. The van der Waals surface area contributed by atoms with Crippen LogP contribution >= 0.6 is 0 Å². The molecule has 2 aliphatic rings. The van der Waals surface area contributed by atoms with E-state index in [-0.39, 0.29) is 17.9 Å². The molecule has 0 radical (unpaired) electrons. The van der Waals surface area contributed by atoms with Crippen LogP contribution < -0.4 is 5.32 Å². The second-order valence-electron chi connectivity index (χ2n) is 4.66. The summed E-state index contributed by atoms with van der Waals surface area (Å²) < 4.78 is 0. The van der Waals surface area contributed by atoms with Gasteiger partial charge in [0.25, 0.3) is 0 Å². The van der Waals surface area contributed by atoms with E-state index in [0.29, 0.717) is 18.8 Å². The van der Waals surface area contributed by atoms with Crippen molar-refractivity contribution in [2.45, 2.75) is 38.6 Å². The second-order valence-corrected chi connectivity index (χ2v) is 4.66. The highest BCUT2D eigenvalue weighted by molar-refractivity contribution is 5.97. The molecule has 84 valence electrons. The van der Waals surface area contributed by atoms with Crippen molar-refractivity contribution in [3.05, 3.63) is 0 Å². The van der Waals surface area contributed by atoms with E-state index in [1.54, 1.807) is 0 Å². The van der Waals surface area contributed by atoms with Gasteiger partial charge in [-0.2, -0.15) is 0 Å². The van der Waals surface area contributed by atoms with Crippen LogP contribution in [0.4, 0.5) is 0 Å². The molecule has 0 aliphatic carbocycles. The molecule has 2 saturated heterocycles. The van der Waals surface area contributed by atoms with Crippen molar-refractivity contribution >= 4 is 11.8 Å². The van der Waals surface area contributed by atoms with Crippen molar-refractivity contribution in [2.24, 2.45) is 5.92 Å². The summed E-state index contributed by atoms with van der Waals surface area (Å²) in [7, 11) is 0. The standard InChI is InChI=1S/C11H18N2O2/c1-8-5-9(7-12-6-8)13-10(14)3-2-4-11(13)15/h8-9,12H,2-7H2,1H3. The fourth-order valence-electron chi connectivity index (χ4n) is 2.50. The molecule has 2 rings (SSSR count). The third-order valence-corrected chi connectivity index (χ3v) is 3.23. The van der Waals surface area contributed by atoms with Gasteiger partial charge in [-0.05, 0) is 25.3 Å². The van der Waals surface area contributed by atoms with Gasteiger partial charge in [-0.15, -0.1) is 0 Å². The number of nitrogens with one attached hydrogen (secondary N) is 1. The molecule has 0 spiro atoms. The monoisotopic (exact) mass is 210 g/mol. The molecule has 0 aromatic heterocycles. The van der Waals surface area contributed by atoms with Crippen molar-refractivity contribution in [3.8, 4) is 0 Å². The molecule has 15 heavy (non-hydrogen) atoms. The number of amides is 2. The van der Waals surface area contributed by atoms with E-state index in [1.165, 1.54) is 4.90 Å². The maximum absolute atomic E-state index is 11.7. The smallest absolute Gasteiger partial charge is 0.229 e. The van der Waals surface area contributed by atoms with Crippen LogP contribution in [0.1, 0.15) is 32.6 Å². The molecule has 2 aliphatic heterocycles. The van der Waals surface area contributed by atoms with E-state index in [9.17, 15) is 9.59 Å². The number of hydrogen-bond acceptors (Lipinski definition) is 3. The minimum Gasteiger partial charge on any atom is -0.314 e. The van der Waals surface area contributed by atoms with Crippen molar-refractivity contribution in [3.63, 3.8) is 0 Å². The largest absolute Gasteiger partial charge is 0.314 e. The summed E-state index contributed by atoms with van der Waals surface area (Å²) in [5.41, 5.74) is 0. The zero-order chi connectivity index (χ0) is 10.8. The van der Waals surface area contributed by atoms with E-state index in [1.807, 2.05) is 0 Å². The van der Waals surface area contributed by atoms with Crippen LogP contribution in [0.5, 0.6) is 0 Å². The van der Waals surface area contributed by atoms with Crippen LogP contribution in [0.15, 0.2) is 0 Å². The molecule has 0 aromatic carbocycles. The molecule has 4 nitrogen and oxygen atoms in total. The molecule has 2 heterocycles. The van der Waals surface area contributed by atoms with Crippen LogP contribution in [0.25, 0.3) is 0 Å². The maximum Gasteiger partial charge on any atom is 0.229 e. The van der Waals surface area contributed by atoms with Crippen LogP contribution in [0.3, 0.4) is 0 Å². The summed E-state index contributed by atoms with van der Waals surface area (Å²) in [5.74, 6) is 0.588. The highest BCUT2D eigenvalue weighted by Gasteiger charge is 2.34. The SMILES string of the molecule is CC1CNCC(N2C(=O)CCCC2=O)C1. The Morgan fingerprint density at radius 1 is 1.20 bits per heavy atom. The topological polar surface area (TPSA) is 49.4 Å². The molecule has 2 fully saturated rings. The third kappa shape index (κ3) is 2.20. The first kappa shape index (κ1) is 10.6. The summed E-state index contributed by atoms with van der Waals surface area (Å²) in [6.45, 7) is 3.91. The zero-order valence-electron chi connectivity index (χ0n) is 9.16. The third-order valence-electron chi connectivity index (χ3n) is 3.23. The first-order chi connectivity index (χ1) is 7.18. The molecular formula is C11H18N2O2. The lowest BCUT2D eigenvalue weighted by Gasteiger charge is -2.37. The highest BCUT2D eigenvalue weighted by atomic mass is 16.2. The van der Waals surface area contributed by atoms with Crippen LogP contribution in [0, 0.1) is 5.92 Å². The van der Waals surface area contributed by atoms with Gasteiger partial charge in [0.2, 0.25) is 11.8 Å². The molecule has 2 amide bonds. The Hall–Kier alpha value is -0.900. The Bertz CT molecular complexity index is 262.